The minimum absolute atomic E-state index is 0.107. The molecule has 7 heteroatoms. The van der Waals surface area contributed by atoms with Crippen LogP contribution < -0.4 is 11.1 Å². The molecule has 21 heavy (non-hydrogen) atoms. The molecule has 0 aromatic carbocycles. The Bertz CT molecular complexity index is 495. The number of amides is 1. The van der Waals surface area contributed by atoms with E-state index >= 15 is 0 Å². The Hall–Kier alpha value is -1.44. The van der Waals surface area contributed by atoms with Crippen LogP contribution in [-0.2, 0) is 9.53 Å². The zero-order valence-electron chi connectivity index (χ0n) is 12.1. The Morgan fingerprint density at radius 3 is 2.81 bits per heavy atom. The number of carbonyl (C=O) groups is 2. The van der Waals surface area contributed by atoms with Crippen LogP contribution in [0.15, 0.2) is 11.4 Å². The number of methoxy groups -OCH3 is 1. The van der Waals surface area contributed by atoms with Gasteiger partial charge in [0.1, 0.15) is 4.88 Å². The van der Waals surface area contributed by atoms with Crippen molar-refractivity contribution in [1.82, 2.24) is 4.90 Å². The monoisotopic (exact) mass is 311 g/mol. The summed E-state index contributed by atoms with van der Waals surface area (Å²) in [7, 11) is 1.33. The first kappa shape index (κ1) is 15.9. The number of carbonyl (C=O) groups excluding carboxylic acids is 2. The standard InChI is InChI=1S/C14H21N3O3S/c1-20-14(19)13-11(4-7-21-13)16-12(18)9-17-5-2-10(8-15)3-6-17/h4,7,10H,2-3,5-6,8-9,15H2,1H3,(H,16,18). The zero-order valence-corrected chi connectivity index (χ0v) is 12.9. The first-order chi connectivity index (χ1) is 10.1. The number of nitrogens with two attached hydrogens (primary N) is 1. The highest BCUT2D eigenvalue weighted by atomic mass is 32.1. The van der Waals surface area contributed by atoms with Crippen LogP contribution >= 0.6 is 11.3 Å². The number of hydrogen-bond acceptors (Lipinski definition) is 6. The summed E-state index contributed by atoms with van der Waals surface area (Å²) >= 11 is 1.26. The van der Waals surface area contributed by atoms with Gasteiger partial charge in [0.25, 0.3) is 0 Å². The lowest BCUT2D eigenvalue weighted by Crippen LogP contribution is -2.40. The van der Waals surface area contributed by atoms with Gasteiger partial charge >= 0.3 is 5.97 Å². The topological polar surface area (TPSA) is 84.7 Å². The lowest BCUT2D eigenvalue weighted by atomic mass is 9.97. The molecule has 2 heterocycles. The fourth-order valence-electron chi connectivity index (χ4n) is 2.43. The Kier molecular flexibility index (Phi) is 5.72. The number of thiophene rings is 1. The van der Waals surface area contributed by atoms with Gasteiger partial charge in [-0.3, -0.25) is 9.69 Å². The second-order valence-electron chi connectivity index (χ2n) is 5.16. The summed E-state index contributed by atoms with van der Waals surface area (Å²) in [6.07, 6.45) is 2.07. The Labute approximate surface area is 128 Å². The van der Waals surface area contributed by atoms with E-state index in [4.69, 9.17) is 5.73 Å². The van der Waals surface area contributed by atoms with Crippen molar-refractivity contribution in [3.8, 4) is 0 Å². The van der Waals surface area contributed by atoms with Crippen LogP contribution in [0, 0.1) is 5.92 Å². The molecule has 3 N–H and O–H groups in total. The van der Waals surface area contributed by atoms with Gasteiger partial charge in [0.15, 0.2) is 0 Å². The number of ether oxygens (including phenoxy) is 1. The third kappa shape index (κ3) is 4.26. The maximum Gasteiger partial charge on any atom is 0.350 e. The zero-order chi connectivity index (χ0) is 15.2. The van der Waals surface area contributed by atoms with Crippen molar-refractivity contribution < 1.29 is 14.3 Å². The van der Waals surface area contributed by atoms with Crippen molar-refractivity contribution in [3.05, 3.63) is 16.3 Å². The molecule has 0 radical (unpaired) electrons. The number of likely N-dealkylation sites (tertiary alicyclic amines) is 1. The summed E-state index contributed by atoms with van der Waals surface area (Å²) in [6.45, 7) is 2.84. The predicted molar refractivity (Wildman–Crippen MR) is 82.5 cm³/mol. The largest absolute Gasteiger partial charge is 0.465 e. The fraction of sp³-hybridized carbons (Fsp3) is 0.571. The normalized spacial score (nSPS) is 16.7. The molecule has 6 nitrogen and oxygen atoms in total. The molecule has 1 saturated heterocycles. The first-order valence-corrected chi connectivity index (χ1v) is 7.90. The van der Waals surface area contributed by atoms with Gasteiger partial charge in [0, 0.05) is 0 Å². The third-order valence-electron chi connectivity index (χ3n) is 3.72. The van der Waals surface area contributed by atoms with Crippen LogP contribution in [0.25, 0.3) is 0 Å². The van der Waals surface area contributed by atoms with Gasteiger partial charge in [0.2, 0.25) is 5.91 Å². The van der Waals surface area contributed by atoms with Crippen LogP contribution in [0.2, 0.25) is 0 Å². The van der Waals surface area contributed by atoms with Gasteiger partial charge in [-0.25, -0.2) is 4.79 Å². The van der Waals surface area contributed by atoms with Gasteiger partial charge in [-0.2, -0.15) is 0 Å². The van der Waals surface area contributed by atoms with Crippen molar-refractivity contribution in [3.63, 3.8) is 0 Å². The Balaban J connectivity index is 1.85. The van der Waals surface area contributed by atoms with Crippen LogP contribution in [-0.4, -0.2) is 50.1 Å². The first-order valence-electron chi connectivity index (χ1n) is 7.02. The minimum Gasteiger partial charge on any atom is -0.465 e. The summed E-state index contributed by atoms with van der Waals surface area (Å²) in [5.41, 5.74) is 6.18. The van der Waals surface area contributed by atoms with Gasteiger partial charge < -0.3 is 15.8 Å². The average Bonchev–Trinajstić information content (AvgIpc) is 2.95. The smallest absolute Gasteiger partial charge is 0.350 e. The van der Waals surface area contributed by atoms with E-state index in [9.17, 15) is 9.59 Å². The lowest BCUT2D eigenvalue weighted by Gasteiger charge is -2.30. The Morgan fingerprint density at radius 2 is 2.19 bits per heavy atom. The predicted octanol–water partition coefficient (Wildman–Crippen LogP) is 1.14. The van der Waals surface area contributed by atoms with E-state index in [1.807, 2.05) is 0 Å². The van der Waals surface area contributed by atoms with E-state index in [1.165, 1.54) is 18.4 Å². The molecular formula is C14H21N3O3S. The van der Waals surface area contributed by atoms with Crippen LogP contribution in [0.5, 0.6) is 0 Å². The van der Waals surface area contributed by atoms with E-state index in [0.717, 1.165) is 32.5 Å². The third-order valence-corrected chi connectivity index (χ3v) is 4.61. The van der Waals surface area contributed by atoms with Gasteiger partial charge in [-0.1, -0.05) is 0 Å². The van der Waals surface area contributed by atoms with Gasteiger partial charge in [0.05, 0.1) is 19.3 Å². The maximum atomic E-state index is 12.1. The highest BCUT2D eigenvalue weighted by molar-refractivity contribution is 7.12. The minimum atomic E-state index is -0.427. The number of rotatable bonds is 5. The maximum absolute atomic E-state index is 12.1. The van der Waals surface area contributed by atoms with Crippen molar-refractivity contribution in [1.29, 1.82) is 0 Å². The number of nitrogens with zero attached hydrogens (tertiary/aromatic N) is 1. The van der Waals surface area contributed by atoms with Gasteiger partial charge in [-0.15, -0.1) is 11.3 Å². The number of piperidine rings is 1. The van der Waals surface area contributed by atoms with E-state index < -0.39 is 5.97 Å². The molecule has 0 saturated carbocycles. The van der Waals surface area contributed by atoms with Crippen molar-refractivity contribution in [2.24, 2.45) is 11.7 Å². The molecule has 0 spiro atoms. The van der Waals surface area contributed by atoms with Crippen molar-refractivity contribution in [2.45, 2.75) is 12.8 Å². The van der Waals surface area contributed by atoms with E-state index in [1.54, 1.807) is 11.4 Å². The quantitative estimate of drug-likeness (QED) is 0.797. The molecule has 0 unspecified atom stereocenters. The van der Waals surface area contributed by atoms with E-state index in [-0.39, 0.29) is 5.91 Å². The number of hydrogen-bond donors (Lipinski definition) is 2. The SMILES string of the molecule is COC(=O)c1sccc1NC(=O)CN1CCC(CN)CC1. The average molecular weight is 311 g/mol. The summed E-state index contributed by atoms with van der Waals surface area (Å²) in [5.74, 6) is 0.0425. The molecule has 0 aliphatic carbocycles. The van der Waals surface area contributed by atoms with Crippen molar-refractivity contribution in [2.75, 3.05) is 38.6 Å². The molecule has 116 valence electrons. The Morgan fingerprint density at radius 1 is 1.48 bits per heavy atom. The molecule has 1 aliphatic rings. The molecule has 1 aromatic heterocycles. The molecule has 0 bridgehead atoms. The van der Waals surface area contributed by atoms with Crippen LogP contribution in [0.1, 0.15) is 22.5 Å². The molecule has 1 aromatic rings. The number of nitrogens with one attached hydrogen (secondary N) is 1. The van der Waals surface area contributed by atoms with Crippen molar-refractivity contribution >= 4 is 28.9 Å². The molecule has 1 fully saturated rings. The van der Waals surface area contributed by atoms with Crippen LogP contribution in [0.3, 0.4) is 0 Å². The second kappa shape index (κ2) is 7.53. The highest BCUT2D eigenvalue weighted by Gasteiger charge is 2.21. The molecule has 1 amide bonds. The summed E-state index contributed by atoms with van der Waals surface area (Å²) in [6, 6.07) is 1.72. The fourth-order valence-corrected chi connectivity index (χ4v) is 3.20. The second-order valence-corrected chi connectivity index (χ2v) is 6.07. The van der Waals surface area contributed by atoms with E-state index in [0.29, 0.717) is 23.0 Å². The van der Waals surface area contributed by atoms with Crippen LogP contribution in [0.4, 0.5) is 5.69 Å². The van der Waals surface area contributed by atoms with E-state index in [2.05, 4.69) is 15.0 Å². The number of esters is 1. The molecule has 1 aliphatic heterocycles. The summed E-state index contributed by atoms with van der Waals surface area (Å²) in [5, 5.41) is 4.54. The molecule has 0 atom stereocenters. The molecular weight excluding hydrogens is 290 g/mol. The molecule has 2 rings (SSSR count). The number of anilines is 1. The summed E-state index contributed by atoms with van der Waals surface area (Å²) in [4.78, 5) is 26.2. The summed E-state index contributed by atoms with van der Waals surface area (Å²) < 4.78 is 4.69. The van der Waals surface area contributed by atoms with Gasteiger partial charge in [-0.05, 0) is 49.8 Å². The lowest BCUT2D eigenvalue weighted by molar-refractivity contribution is -0.117. The highest BCUT2D eigenvalue weighted by Crippen LogP contribution is 2.23.